The molecule has 10 heteroatoms. The molecule has 1 atom stereocenters. The van der Waals surface area contributed by atoms with Gasteiger partial charge in [-0.25, -0.2) is 14.4 Å². The van der Waals surface area contributed by atoms with E-state index >= 15 is 0 Å². The zero-order valence-electron chi connectivity index (χ0n) is 19.7. The number of aromatic nitrogens is 2. The van der Waals surface area contributed by atoms with Crippen molar-refractivity contribution in [3.63, 3.8) is 0 Å². The molecule has 1 aliphatic rings. The van der Waals surface area contributed by atoms with Gasteiger partial charge in [0.15, 0.2) is 0 Å². The Morgan fingerprint density at radius 1 is 1.25 bits per heavy atom. The van der Waals surface area contributed by atoms with E-state index < -0.39 is 0 Å². The van der Waals surface area contributed by atoms with Crippen molar-refractivity contribution >= 4 is 39.0 Å². The number of ether oxygens (including phenoxy) is 1. The number of thiophene rings is 1. The van der Waals surface area contributed by atoms with Crippen LogP contribution in [0, 0.1) is 12.7 Å². The lowest BCUT2D eigenvalue weighted by Crippen LogP contribution is -2.37. The van der Waals surface area contributed by atoms with E-state index in [0.29, 0.717) is 40.1 Å². The number of nitrogens with zero attached hydrogens (tertiary/aromatic N) is 2. The second kappa shape index (κ2) is 10.5. The van der Waals surface area contributed by atoms with Gasteiger partial charge in [-0.1, -0.05) is 12.1 Å². The highest BCUT2D eigenvalue weighted by molar-refractivity contribution is 7.20. The van der Waals surface area contributed by atoms with Crippen LogP contribution in [0.15, 0.2) is 48.8 Å². The first-order chi connectivity index (χ1) is 17.5. The van der Waals surface area contributed by atoms with Crippen LogP contribution in [0.4, 0.5) is 15.9 Å². The van der Waals surface area contributed by atoms with E-state index in [9.17, 15) is 14.3 Å². The molecule has 4 N–H and O–H groups in total. The number of benzene rings is 2. The van der Waals surface area contributed by atoms with Crippen LogP contribution in [-0.2, 0) is 6.54 Å². The van der Waals surface area contributed by atoms with Crippen molar-refractivity contribution in [1.82, 2.24) is 20.6 Å². The minimum absolute atomic E-state index is 0.0433. The van der Waals surface area contributed by atoms with Gasteiger partial charge in [-0.3, -0.25) is 4.79 Å². The summed E-state index contributed by atoms with van der Waals surface area (Å²) in [5, 5.41) is 19.7. The fourth-order valence-electron chi connectivity index (χ4n) is 4.18. The second-order valence-electron chi connectivity index (χ2n) is 8.66. The summed E-state index contributed by atoms with van der Waals surface area (Å²) in [7, 11) is 0. The molecular formula is C26H26FN5O3S. The highest BCUT2D eigenvalue weighted by atomic mass is 32.1. The fraction of sp³-hybridized carbons (Fsp3) is 0.269. The summed E-state index contributed by atoms with van der Waals surface area (Å²) in [5.41, 5.74) is 2.22. The molecule has 1 fully saturated rings. The summed E-state index contributed by atoms with van der Waals surface area (Å²) in [5.74, 6) is 0.505. The third-order valence-corrected chi connectivity index (χ3v) is 7.26. The molecule has 1 unspecified atom stereocenters. The first-order valence-electron chi connectivity index (χ1n) is 11.7. The summed E-state index contributed by atoms with van der Waals surface area (Å²) in [4.78, 5) is 23.0. The van der Waals surface area contributed by atoms with Gasteiger partial charge in [0, 0.05) is 19.2 Å². The Kier molecular flexibility index (Phi) is 6.97. The van der Waals surface area contributed by atoms with E-state index in [1.165, 1.54) is 29.8 Å². The highest BCUT2D eigenvalue weighted by Crippen LogP contribution is 2.37. The first-order valence-corrected chi connectivity index (χ1v) is 12.5. The number of aryl methyl sites for hydroxylation is 1. The monoisotopic (exact) mass is 507 g/mol. The lowest BCUT2D eigenvalue weighted by molar-refractivity contribution is 0.0954. The van der Waals surface area contributed by atoms with Gasteiger partial charge in [-0.15, -0.1) is 11.3 Å². The molecule has 2 aromatic carbocycles. The lowest BCUT2D eigenvalue weighted by atomic mass is 10.1. The third kappa shape index (κ3) is 5.24. The zero-order chi connectivity index (χ0) is 25.1. The van der Waals surface area contributed by atoms with E-state index in [4.69, 9.17) is 4.74 Å². The number of nitrogens with one attached hydrogen (secondary N) is 3. The maximum absolute atomic E-state index is 14.1. The molecule has 0 radical (unpaired) electrons. The first kappa shape index (κ1) is 24.0. The standard InChI is InChI=1S/C26H26FN5O3S/c1-15-22-24(32-20-9-6-17(27)11-21(20)35-19-3-2-10-28-13-19)30-14-31-26(22)36-23(15)25(34)29-12-16-4-7-18(33)8-5-16/h4-9,11,14,19,28,33H,2-3,10,12-13H2,1H3,(H,29,34)(H,30,31,32). The number of phenols is 1. The molecule has 1 saturated heterocycles. The second-order valence-corrected chi connectivity index (χ2v) is 9.66. The Morgan fingerprint density at radius 2 is 2.08 bits per heavy atom. The van der Waals surface area contributed by atoms with Crippen LogP contribution in [-0.4, -0.2) is 40.2 Å². The van der Waals surface area contributed by atoms with Gasteiger partial charge < -0.3 is 25.8 Å². The Labute approximate surface area is 211 Å². The summed E-state index contributed by atoms with van der Waals surface area (Å²) in [6.45, 7) is 3.85. The number of hydrogen-bond donors (Lipinski definition) is 4. The summed E-state index contributed by atoms with van der Waals surface area (Å²) >= 11 is 1.29. The van der Waals surface area contributed by atoms with Crippen molar-refractivity contribution in [1.29, 1.82) is 0 Å². The van der Waals surface area contributed by atoms with E-state index in [-0.39, 0.29) is 23.6 Å². The number of piperidine rings is 1. The molecule has 186 valence electrons. The topological polar surface area (TPSA) is 108 Å². The average molecular weight is 508 g/mol. The average Bonchev–Trinajstić information content (AvgIpc) is 3.23. The van der Waals surface area contributed by atoms with Gasteiger partial charge in [0.25, 0.3) is 5.91 Å². The van der Waals surface area contributed by atoms with E-state index in [0.717, 1.165) is 35.9 Å². The molecule has 1 amide bonds. The van der Waals surface area contributed by atoms with E-state index in [1.54, 1.807) is 30.3 Å². The molecule has 36 heavy (non-hydrogen) atoms. The number of rotatable bonds is 7. The Balaban J connectivity index is 1.39. The predicted molar refractivity (Wildman–Crippen MR) is 138 cm³/mol. The van der Waals surface area contributed by atoms with E-state index in [1.807, 2.05) is 6.92 Å². The van der Waals surface area contributed by atoms with Crippen molar-refractivity contribution in [3.8, 4) is 11.5 Å². The fourth-order valence-corrected chi connectivity index (χ4v) is 5.25. The molecular weight excluding hydrogens is 481 g/mol. The number of fused-ring (bicyclic) bond motifs is 1. The van der Waals surface area contributed by atoms with Gasteiger partial charge in [0.2, 0.25) is 0 Å². The number of carbonyl (C=O) groups excluding carboxylic acids is 1. The van der Waals surface area contributed by atoms with Gasteiger partial charge >= 0.3 is 0 Å². The Hall–Kier alpha value is -3.76. The van der Waals surface area contributed by atoms with Crippen molar-refractivity contribution < 1.29 is 19.0 Å². The maximum Gasteiger partial charge on any atom is 0.261 e. The molecule has 5 rings (SSSR count). The van der Waals surface area contributed by atoms with Crippen molar-refractivity contribution in [2.75, 3.05) is 18.4 Å². The number of hydrogen-bond acceptors (Lipinski definition) is 8. The van der Waals surface area contributed by atoms with Gasteiger partial charge in [0.05, 0.1) is 16.0 Å². The number of halogens is 1. The summed E-state index contributed by atoms with van der Waals surface area (Å²) in [6.07, 6.45) is 3.29. The van der Waals surface area contributed by atoms with Crippen LogP contribution in [0.1, 0.15) is 33.6 Å². The van der Waals surface area contributed by atoms with Crippen LogP contribution in [0.3, 0.4) is 0 Å². The number of phenolic OH excluding ortho intramolecular Hbond substituents is 1. The van der Waals surface area contributed by atoms with Gasteiger partial charge in [-0.05, 0) is 61.7 Å². The van der Waals surface area contributed by atoms with Crippen LogP contribution in [0.5, 0.6) is 11.5 Å². The molecule has 8 nitrogen and oxygen atoms in total. The molecule has 1 aliphatic heterocycles. The van der Waals surface area contributed by atoms with Crippen LogP contribution < -0.4 is 20.7 Å². The molecule has 0 aliphatic carbocycles. The third-order valence-electron chi connectivity index (χ3n) is 6.06. The molecule has 0 spiro atoms. The highest BCUT2D eigenvalue weighted by Gasteiger charge is 2.21. The van der Waals surface area contributed by atoms with E-state index in [2.05, 4.69) is 25.9 Å². The maximum atomic E-state index is 14.1. The Bertz CT molecular complexity index is 1390. The van der Waals surface area contributed by atoms with Crippen molar-refractivity contribution in [2.24, 2.45) is 0 Å². The smallest absolute Gasteiger partial charge is 0.261 e. The number of aromatic hydroxyl groups is 1. The largest absolute Gasteiger partial charge is 0.508 e. The van der Waals surface area contributed by atoms with Crippen molar-refractivity contribution in [3.05, 3.63) is 70.6 Å². The molecule has 0 saturated carbocycles. The van der Waals surface area contributed by atoms with Crippen LogP contribution in [0.2, 0.25) is 0 Å². The van der Waals surface area contributed by atoms with Gasteiger partial charge in [-0.2, -0.15) is 0 Å². The lowest BCUT2D eigenvalue weighted by Gasteiger charge is -2.25. The molecule has 4 aromatic rings. The van der Waals surface area contributed by atoms with Crippen LogP contribution in [0.25, 0.3) is 10.2 Å². The minimum Gasteiger partial charge on any atom is -0.508 e. The number of anilines is 2. The SMILES string of the molecule is Cc1c(C(=O)NCc2ccc(O)cc2)sc2ncnc(Nc3ccc(F)cc3OC3CCCNC3)c12. The zero-order valence-corrected chi connectivity index (χ0v) is 20.5. The molecule has 3 heterocycles. The normalized spacial score (nSPS) is 15.6. The summed E-state index contributed by atoms with van der Waals surface area (Å²) in [6, 6.07) is 11.0. The Morgan fingerprint density at radius 3 is 2.86 bits per heavy atom. The van der Waals surface area contributed by atoms with Gasteiger partial charge in [0.1, 0.15) is 40.4 Å². The van der Waals surface area contributed by atoms with Crippen molar-refractivity contribution in [2.45, 2.75) is 32.4 Å². The van der Waals surface area contributed by atoms with Crippen LogP contribution >= 0.6 is 11.3 Å². The quantitative estimate of drug-likeness (QED) is 0.288. The number of carbonyl (C=O) groups is 1. The summed E-state index contributed by atoms with van der Waals surface area (Å²) < 4.78 is 20.2. The predicted octanol–water partition coefficient (Wildman–Crippen LogP) is 4.65. The number of amides is 1. The molecule has 0 bridgehead atoms. The minimum atomic E-state index is -0.383. The molecule has 2 aromatic heterocycles.